The molecule has 1 aromatic heterocycles. The zero-order valence-electron chi connectivity index (χ0n) is 18.8. The highest BCUT2D eigenvalue weighted by Gasteiger charge is 2.30. The van der Waals surface area contributed by atoms with Crippen LogP contribution in [0.3, 0.4) is 0 Å². The van der Waals surface area contributed by atoms with E-state index in [9.17, 15) is 18.4 Å². The van der Waals surface area contributed by atoms with Gasteiger partial charge in [-0.25, -0.2) is 8.78 Å². The summed E-state index contributed by atoms with van der Waals surface area (Å²) in [5.74, 6) is -1.14. The molecule has 1 atom stereocenters. The fourth-order valence-corrected chi connectivity index (χ4v) is 4.22. The first-order valence-corrected chi connectivity index (χ1v) is 11.2. The van der Waals surface area contributed by atoms with E-state index in [0.717, 1.165) is 11.1 Å². The van der Waals surface area contributed by atoms with Crippen molar-refractivity contribution in [2.45, 2.75) is 19.0 Å². The summed E-state index contributed by atoms with van der Waals surface area (Å²) in [7, 11) is 0. The van der Waals surface area contributed by atoms with Gasteiger partial charge < -0.3 is 10.2 Å². The molecular formula is C26H26F2N4O2. The molecule has 176 valence electrons. The third kappa shape index (κ3) is 5.46. The van der Waals surface area contributed by atoms with E-state index in [0.29, 0.717) is 31.7 Å². The number of hydrogen-bond donors (Lipinski definition) is 1. The molecule has 1 saturated heterocycles. The molecule has 1 unspecified atom stereocenters. The molecule has 1 aliphatic heterocycles. The first-order chi connectivity index (χ1) is 16.4. The molecule has 8 heteroatoms. The van der Waals surface area contributed by atoms with Crippen molar-refractivity contribution in [1.82, 2.24) is 20.1 Å². The largest absolute Gasteiger partial charge is 0.340 e. The summed E-state index contributed by atoms with van der Waals surface area (Å²) in [6.45, 7) is 3.78. The van der Waals surface area contributed by atoms with Crippen molar-refractivity contribution in [2.24, 2.45) is 0 Å². The van der Waals surface area contributed by atoms with Crippen LogP contribution >= 0.6 is 0 Å². The highest BCUT2D eigenvalue weighted by atomic mass is 19.1. The lowest BCUT2D eigenvalue weighted by Crippen LogP contribution is -2.54. The molecule has 2 heterocycles. The molecule has 3 aromatic rings. The molecule has 6 nitrogen and oxygen atoms in total. The van der Waals surface area contributed by atoms with Crippen LogP contribution in [-0.4, -0.2) is 58.8 Å². The minimum atomic E-state index is -0.677. The van der Waals surface area contributed by atoms with Gasteiger partial charge in [0.25, 0.3) is 5.91 Å². The van der Waals surface area contributed by atoms with E-state index < -0.39 is 6.04 Å². The number of nitrogens with one attached hydrogen (secondary N) is 1. The van der Waals surface area contributed by atoms with Crippen molar-refractivity contribution < 1.29 is 18.4 Å². The minimum absolute atomic E-state index is 0.156. The number of benzene rings is 2. The summed E-state index contributed by atoms with van der Waals surface area (Å²) in [4.78, 5) is 33.2. The number of aromatic nitrogens is 1. The number of pyridine rings is 1. The molecule has 1 aliphatic rings. The molecular weight excluding hydrogens is 438 g/mol. The highest BCUT2D eigenvalue weighted by Crippen LogP contribution is 2.30. The Bertz CT molecular complexity index is 1070. The second-order valence-electron chi connectivity index (χ2n) is 8.30. The molecule has 0 radical (unpaired) electrons. The zero-order chi connectivity index (χ0) is 24.1. The molecule has 34 heavy (non-hydrogen) atoms. The number of amides is 2. The first-order valence-electron chi connectivity index (χ1n) is 11.2. The fraction of sp³-hybridized carbons (Fsp3) is 0.269. The lowest BCUT2D eigenvalue weighted by atomic mass is 9.96. The maximum absolute atomic E-state index is 13.5. The van der Waals surface area contributed by atoms with E-state index in [1.807, 2.05) is 0 Å². The van der Waals surface area contributed by atoms with E-state index in [2.05, 4.69) is 15.2 Å². The number of carbonyl (C=O) groups excluding carboxylic acids is 2. The topological polar surface area (TPSA) is 65.5 Å². The van der Waals surface area contributed by atoms with Crippen molar-refractivity contribution in [3.63, 3.8) is 0 Å². The Kier molecular flexibility index (Phi) is 7.27. The summed E-state index contributed by atoms with van der Waals surface area (Å²) >= 11 is 0. The van der Waals surface area contributed by atoms with E-state index in [1.165, 1.54) is 30.5 Å². The maximum atomic E-state index is 13.5. The lowest BCUT2D eigenvalue weighted by Gasteiger charge is -2.40. The molecule has 0 saturated carbocycles. The van der Waals surface area contributed by atoms with Crippen LogP contribution in [0.4, 0.5) is 8.78 Å². The Morgan fingerprint density at radius 2 is 1.44 bits per heavy atom. The van der Waals surface area contributed by atoms with Gasteiger partial charge in [0.2, 0.25) is 5.91 Å². The van der Waals surface area contributed by atoms with Crippen LogP contribution in [0.15, 0.2) is 73.1 Å². The number of halogens is 2. The van der Waals surface area contributed by atoms with Crippen LogP contribution in [0.1, 0.15) is 34.5 Å². The van der Waals surface area contributed by atoms with Gasteiger partial charge in [0.15, 0.2) is 0 Å². The number of rotatable bonds is 6. The van der Waals surface area contributed by atoms with E-state index in [4.69, 9.17) is 0 Å². The highest BCUT2D eigenvalue weighted by molar-refractivity contribution is 5.97. The number of nitrogens with zero attached hydrogens (tertiary/aromatic N) is 3. The standard InChI is InChI=1S/C26H26F2N4O2/c1-18(30-25(33)21-3-2-12-29-17-21)26(34)32-15-13-31(14-16-32)24(19-4-8-22(27)9-5-19)20-6-10-23(28)11-7-20/h2-12,17-18,24H,13-16H2,1H3,(H,30,33). The fourth-order valence-electron chi connectivity index (χ4n) is 4.22. The second-order valence-corrected chi connectivity index (χ2v) is 8.30. The second kappa shape index (κ2) is 10.5. The van der Waals surface area contributed by atoms with Crippen LogP contribution < -0.4 is 5.32 Å². The van der Waals surface area contributed by atoms with Crippen molar-refractivity contribution in [3.05, 3.63) is 101 Å². The molecule has 2 amide bonds. The van der Waals surface area contributed by atoms with Gasteiger partial charge in [-0.2, -0.15) is 0 Å². The number of hydrogen-bond acceptors (Lipinski definition) is 4. The third-order valence-corrected chi connectivity index (χ3v) is 6.00. The van der Waals surface area contributed by atoms with Crippen LogP contribution in [0.5, 0.6) is 0 Å². The van der Waals surface area contributed by atoms with E-state index in [-0.39, 0.29) is 29.5 Å². The van der Waals surface area contributed by atoms with Gasteiger partial charge in [-0.1, -0.05) is 24.3 Å². The van der Waals surface area contributed by atoms with Crippen LogP contribution in [0.25, 0.3) is 0 Å². The third-order valence-electron chi connectivity index (χ3n) is 6.00. The molecule has 0 bridgehead atoms. The average Bonchev–Trinajstić information content (AvgIpc) is 2.87. The Hall–Kier alpha value is -3.65. The first kappa shape index (κ1) is 23.5. The van der Waals surface area contributed by atoms with Gasteiger partial charge in [-0.05, 0) is 54.4 Å². The van der Waals surface area contributed by atoms with Crippen LogP contribution in [0.2, 0.25) is 0 Å². The molecule has 4 rings (SSSR count). The average molecular weight is 465 g/mol. The predicted molar refractivity (Wildman–Crippen MR) is 124 cm³/mol. The summed E-state index contributed by atoms with van der Waals surface area (Å²) in [6.07, 6.45) is 3.03. The quantitative estimate of drug-likeness (QED) is 0.607. The molecule has 0 spiro atoms. The van der Waals surface area contributed by atoms with Crippen molar-refractivity contribution in [1.29, 1.82) is 0 Å². The van der Waals surface area contributed by atoms with Crippen molar-refractivity contribution in [2.75, 3.05) is 26.2 Å². The Labute approximate surface area is 197 Å². The Balaban J connectivity index is 1.42. The van der Waals surface area contributed by atoms with E-state index in [1.54, 1.807) is 54.4 Å². The van der Waals surface area contributed by atoms with Gasteiger partial charge in [0.1, 0.15) is 17.7 Å². The van der Waals surface area contributed by atoms with Crippen molar-refractivity contribution in [3.8, 4) is 0 Å². The van der Waals surface area contributed by atoms with E-state index >= 15 is 0 Å². The van der Waals surface area contributed by atoms with Gasteiger partial charge in [0, 0.05) is 38.6 Å². The molecule has 0 aliphatic carbocycles. The SMILES string of the molecule is CC(NC(=O)c1cccnc1)C(=O)N1CCN(C(c2ccc(F)cc2)c2ccc(F)cc2)CC1. The van der Waals surface area contributed by atoms with Gasteiger partial charge in [0.05, 0.1) is 11.6 Å². The van der Waals surface area contributed by atoms with Gasteiger partial charge in [-0.3, -0.25) is 19.5 Å². The summed E-state index contributed by atoms with van der Waals surface area (Å²) in [5, 5.41) is 2.73. The van der Waals surface area contributed by atoms with Crippen molar-refractivity contribution >= 4 is 11.8 Å². The minimum Gasteiger partial charge on any atom is -0.340 e. The number of piperazine rings is 1. The molecule has 2 aromatic carbocycles. The summed E-state index contributed by atoms with van der Waals surface area (Å²) < 4.78 is 27.0. The lowest BCUT2D eigenvalue weighted by molar-refractivity contribution is -0.134. The predicted octanol–water partition coefficient (Wildman–Crippen LogP) is 3.41. The van der Waals surface area contributed by atoms with Crippen LogP contribution in [-0.2, 0) is 4.79 Å². The maximum Gasteiger partial charge on any atom is 0.253 e. The van der Waals surface area contributed by atoms with Crippen LogP contribution in [0, 0.1) is 11.6 Å². The molecule has 1 N–H and O–H groups in total. The number of carbonyl (C=O) groups is 2. The molecule has 1 fully saturated rings. The van der Waals surface area contributed by atoms with Gasteiger partial charge >= 0.3 is 0 Å². The smallest absolute Gasteiger partial charge is 0.253 e. The summed E-state index contributed by atoms with van der Waals surface area (Å²) in [6, 6.07) is 15.0. The summed E-state index contributed by atoms with van der Waals surface area (Å²) in [5.41, 5.74) is 2.18. The zero-order valence-corrected chi connectivity index (χ0v) is 18.8. The Morgan fingerprint density at radius 3 is 1.94 bits per heavy atom. The Morgan fingerprint density at radius 1 is 0.882 bits per heavy atom. The monoisotopic (exact) mass is 464 g/mol. The normalized spacial score (nSPS) is 15.2. The van der Waals surface area contributed by atoms with Gasteiger partial charge in [-0.15, -0.1) is 0 Å².